The third-order valence-electron chi connectivity index (χ3n) is 2.07. The molecule has 1 aromatic carbocycles. The van der Waals surface area contributed by atoms with Crippen LogP contribution in [0.3, 0.4) is 0 Å². The molecule has 2 N–H and O–H groups in total. The molecule has 6 heteroatoms. The molecule has 81 valence electrons. The molecule has 1 aromatic heterocycles. The summed E-state index contributed by atoms with van der Waals surface area (Å²) in [5, 5.41) is 19.1. The van der Waals surface area contributed by atoms with E-state index in [0.29, 0.717) is 15.4 Å². The van der Waals surface area contributed by atoms with Gasteiger partial charge in [0, 0.05) is 61.6 Å². The standard InChI is InChI=1S/C10H7BrO4.Ac/c11-7-2-6-5(4-12)1-10(14)15-9(6)3-8(7)13;/h1-3,12-13H,4H2;. The van der Waals surface area contributed by atoms with Gasteiger partial charge in [0.15, 0.2) is 0 Å². The van der Waals surface area contributed by atoms with E-state index in [4.69, 9.17) is 9.52 Å². The number of aliphatic hydroxyl groups excluding tert-OH is 1. The molecule has 0 aliphatic heterocycles. The monoisotopic (exact) mass is 497 g/mol. The van der Waals surface area contributed by atoms with Crippen molar-refractivity contribution >= 4 is 26.9 Å². The molecule has 2 aromatic rings. The first kappa shape index (κ1) is 14.2. The van der Waals surface area contributed by atoms with Crippen molar-refractivity contribution in [1.29, 1.82) is 0 Å². The first-order valence-electron chi connectivity index (χ1n) is 4.18. The van der Waals surface area contributed by atoms with E-state index in [2.05, 4.69) is 15.9 Å². The molecule has 0 atom stereocenters. The Bertz CT molecular complexity index is 579. The van der Waals surface area contributed by atoms with Crippen LogP contribution in [0.25, 0.3) is 11.0 Å². The van der Waals surface area contributed by atoms with E-state index < -0.39 is 5.63 Å². The number of phenolic OH excluding ortho intramolecular Hbond substituents is 1. The molecule has 0 bridgehead atoms. The zero-order valence-corrected chi connectivity index (χ0v) is 14.4. The molecule has 0 spiro atoms. The predicted molar refractivity (Wildman–Crippen MR) is 57.8 cm³/mol. The fourth-order valence-corrected chi connectivity index (χ4v) is 1.71. The van der Waals surface area contributed by atoms with E-state index in [-0.39, 0.29) is 62.0 Å². The second kappa shape index (κ2) is 5.63. The number of aromatic hydroxyl groups is 1. The van der Waals surface area contributed by atoms with Crippen LogP contribution in [0.2, 0.25) is 0 Å². The minimum absolute atomic E-state index is 0. The summed E-state index contributed by atoms with van der Waals surface area (Å²) in [6.45, 7) is -0.251. The van der Waals surface area contributed by atoms with Gasteiger partial charge >= 0.3 is 5.63 Å². The zero-order chi connectivity index (χ0) is 11.0. The van der Waals surface area contributed by atoms with Crippen molar-refractivity contribution in [2.75, 3.05) is 0 Å². The molecule has 1 radical (unpaired) electrons. The van der Waals surface area contributed by atoms with Crippen LogP contribution in [-0.2, 0) is 6.61 Å². The first-order chi connectivity index (χ1) is 7.11. The number of fused-ring (bicyclic) bond motifs is 1. The molecular formula is C10H7AcBrO4. The van der Waals surface area contributed by atoms with E-state index in [9.17, 15) is 9.90 Å². The Kier molecular flexibility index (Phi) is 4.99. The molecular weight excluding hydrogens is 491 g/mol. The van der Waals surface area contributed by atoms with Gasteiger partial charge in [0.25, 0.3) is 0 Å². The minimum atomic E-state index is -0.548. The third-order valence-corrected chi connectivity index (χ3v) is 2.70. The van der Waals surface area contributed by atoms with Crippen molar-refractivity contribution in [3.63, 3.8) is 0 Å². The molecule has 0 amide bonds. The number of rotatable bonds is 1. The van der Waals surface area contributed by atoms with Crippen LogP contribution in [0.15, 0.2) is 31.9 Å². The van der Waals surface area contributed by atoms with Gasteiger partial charge in [0.05, 0.1) is 11.1 Å². The smallest absolute Gasteiger partial charge is 0.336 e. The van der Waals surface area contributed by atoms with Crippen molar-refractivity contribution in [2.45, 2.75) is 6.61 Å². The summed E-state index contributed by atoms with van der Waals surface area (Å²) in [6.07, 6.45) is 0. The Morgan fingerprint density at radius 3 is 2.62 bits per heavy atom. The molecule has 4 nitrogen and oxygen atoms in total. The molecule has 0 aliphatic carbocycles. The second-order valence-electron chi connectivity index (χ2n) is 3.05. The van der Waals surface area contributed by atoms with Crippen LogP contribution in [0.5, 0.6) is 5.75 Å². The summed E-state index contributed by atoms with van der Waals surface area (Å²) >= 11 is 3.15. The summed E-state index contributed by atoms with van der Waals surface area (Å²) in [6, 6.07) is 4.16. The summed E-state index contributed by atoms with van der Waals surface area (Å²) < 4.78 is 5.38. The SMILES string of the molecule is O=c1cc(CO)c2cc(Br)c(O)cc2o1.[Ac]. The topological polar surface area (TPSA) is 70.7 Å². The number of hydrogen-bond acceptors (Lipinski definition) is 4. The number of halogens is 1. The number of benzene rings is 1. The summed E-state index contributed by atoms with van der Waals surface area (Å²) in [5.74, 6) is -0.0132. The maximum Gasteiger partial charge on any atom is 0.336 e. The van der Waals surface area contributed by atoms with Gasteiger partial charge in [-0.1, -0.05) is 0 Å². The molecule has 0 saturated carbocycles. The van der Waals surface area contributed by atoms with E-state index in [1.807, 2.05) is 0 Å². The fourth-order valence-electron chi connectivity index (χ4n) is 1.37. The van der Waals surface area contributed by atoms with Gasteiger partial charge in [0.2, 0.25) is 0 Å². The predicted octanol–water partition coefficient (Wildman–Crippen LogP) is 1.75. The van der Waals surface area contributed by atoms with Crippen LogP contribution < -0.4 is 5.63 Å². The number of phenols is 1. The maximum atomic E-state index is 11.1. The summed E-state index contributed by atoms with van der Waals surface area (Å²) in [5.41, 5.74) is 0.183. The molecule has 0 fully saturated rings. The Labute approximate surface area is 135 Å². The van der Waals surface area contributed by atoms with Crippen LogP contribution in [0, 0.1) is 44.1 Å². The molecule has 0 unspecified atom stereocenters. The Morgan fingerprint density at radius 2 is 2.00 bits per heavy atom. The van der Waals surface area contributed by atoms with Crippen LogP contribution in [-0.4, -0.2) is 10.2 Å². The van der Waals surface area contributed by atoms with Crippen molar-refractivity contribution in [2.24, 2.45) is 0 Å². The molecule has 2 rings (SSSR count). The van der Waals surface area contributed by atoms with Gasteiger partial charge in [-0.2, -0.15) is 0 Å². The van der Waals surface area contributed by atoms with E-state index in [0.717, 1.165) is 0 Å². The minimum Gasteiger partial charge on any atom is -0.507 e. The largest absolute Gasteiger partial charge is 0.507 e. The van der Waals surface area contributed by atoms with Gasteiger partial charge in [-0.15, -0.1) is 0 Å². The third kappa shape index (κ3) is 2.68. The first-order valence-corrected chi connectivity index (χ1v) is 4.97. The Balaban J connectivity index is 0.00000128. The average molecular weight is 498 g/mol. The zero-order valence-electron chi connectivity index (χ0n) is 8.11. The quantitative estimate of drug-likeness (QED) is 0.589. The van der Waals surface area contributed by atoms with E-state index in [1.165, 1.54) is 12.1 Å². The van der Waals surface area contributed by atoms with Gasteiger partial charge in [-0.3, -0.25) is 0 Å². The van der Waals surface area contributed by atoms with Gasteiger partial charge in [0.1, 0.15) is 11.3 Å². The van der Waals surface area contributed by atoms with E-state index >= 15 is 0 Å². The van der Waals surface area contributed by atoms with Crippen LogP contribution in [0.1, 0.15) is 5.56 Å². The molecule has 0 aliphatic rings. The average Bonchev–Trinajstić information content (AvgIpc) is 2.19. The molecule has 16 heavy (non-hydrogen) atoms. The van der Waals surface area contributed by atoms with Crippen LogP contribution >= 0.6 is 15.9 Å². The van der Waals surface area contributed by atoms with Gasteiger partial charge < -0.3 is 14.6 Å². The van der Waals surface area contributed by atoms with Crippen molar-refractivity contribution in [3.8, 4) is 5.75 Å². The maximum absolute atomic E-state index is 11.1. The number of aliphatic hydroxyl groups is 1. The summed E-state index contributed by atoms with van der Waals surface area (Å²) in [4.78, 5) is 11.1. The summed E-state index contributed by atoms with van der Waals surface area (Å²) in [7, 11) is 0. The molecule has 0 saturated heterocycles. The Hall–Kier alpha value is 0.112. The number of hydrogen-bond donors (Lipinski definition) is 2. The fraction of sp³-hybridized carbons (Fsp3) is 0.100. The van der Waals surface area contributed by atoms with Crippen molar-refractivity contribution in [1.82, 2.24) is 0 Å². The van der Waals surface area contributed by atoms with Crippen molar-refractivity contribution in [3.05, 3.63) is 38.7 Å². The van der Waals surface area contributed by atoms with Gasteiger partial charge in [-0.05, 0) is 27.6 Å². The van der Waals surface area contributed by atoms with E-state index in [1.54, 1.807) is 6.07 Å². The van der Waals surface area contributed by atoms with Crippen LogP contribution in [0.4, 0.5) is 0 Å². The normalized spacial score (nSPS) is 10.1. The van der Waals surface area contributed by atoms with Gasteiger partial charge in [-0.25, -0.2) is 4.79 Å². The van der Waals surface area contributed by atoms with Crippen molar-refractivity contribution < 1.29 is 58.7 Å². The Morgan fingerprint density at radius 1 is 1.31 bits per heavy atom. The second-order valence-corrected chi connectivity index (χ2v) is 3.90. The molecule has 1 heterocycles.